The van der Waals surface area contributed by atoms with Gasteiger partial charge in [-0.05, 0) is 36.6 Å². The first-order chi connectivity index (χ1) is 8.11. The lowest BCUT2D eigenvalue weighted by Gasteiger charge is -2.15. The van der Waals surface area contributed by atoms with E-state index < -0.39 is 10.0 Å². The van der Waals surface area contributed by atoms with Crippen LogP contribution in [0.25, 0.3) is 0 Å². The molecule has 96 valence electrons. The van der Waals surface area contributed by atoms with Crippen molar-refractivity contribution >= 4 is 21.4 Å². The van der Waals surface area contributed by atoms with Gasteiger partial charge in [-0.2, -0.15) is 0 Å². The van der Waals surface area contributed by atoms with Crippen LogP contribution < -0.4 is 10.5 Å². The predicted octanol–water partition coefficient (Wildman–Crippen LogP) is 0.947. The highest BCUT2D eigenvalue weighted by molar-refractivity contribution is 7.89. The summed E-state index contributed by atoms with van der Waals surface area (Å²) in [6.45, 7) is 0.392. The minimum atomic E-state index is -3.20. The van der Waals surface area contributed by atoms with Gasteiger partial charge in [0.2, 0.25) is 10.0 Å². The minimum Gasteiger partial charge on any atom is -0.329 e. The van der Waals surface area contributed by atoms with E-state index in [1.54, 1.807) is 11.3 Å². The van der Waals surface area contributed by atoms with E-state index in [4.69, 9.17) is 5.73 Å². The number of hydrogen-bond acceptors (Lipinski definition) is 4. The van der Waals surface area contributed by atoms with E-state index in [1.807, 2.05) is 17.5 Å². The number of aryl methyl sites for hydroxylation is 1. The van der Waals surface area contributed by atoms with Crippen LogP contribution in [-0.2, 0) is 16.4 Å². The fourth-order valence-electron chi connectivity index (χ4n) is 1.81. The standard InChI is InChI=1S/C11H18N2O2S2/c12-8-11(9-3-4-9)13-17(14,15)7-5-10-2-1-6-16-10/h1-2,6,9,11,13H,3-5,7-8,12H2/t11-/m0/s1. The Morgan fingerprint density at radius 1 is 1.53 bits per heavy atom. The summed E-state index contributed by atoms with van der Waals surface area (Å²) in [7, 11) is -3.20. The monoisotopic (exact) mass is 274 g/mol. The molecule has 1 aromatic rings. The van der Waals surface area contributed by atoms with Crippen LogP contribution in [0.2, 0.25) is 0 Å². The molecular formula is C11H18N2O2S2. The maximum absolute atomic E-state index is 11.9. The first kappa shape index (κ1) is 13.0. The van der Waals surface area contributed by atoms with Crippen molar-refractivity contribution in [3.63, 3.8) is 0 Å². The van der Waals surface area contributed by atoms with Crippen molar-refractivity contribution in [1.29, 1.82) is 0 Å². The summed E-state index contributed by atoms with van der Waals surface area (Å²) in [5.74, 6) is 0.605. The lowest BCUT2D eigenvalue weighted by Crippen LogP contribution is -2.42. The summed E-state index contributed by atoms with van der Waals surface area (Å²) in [5.41, 5.74) is 5.59. The normalized spacial score (nSPS) is 18.2. The van der Waals surface area contributed by atoms with Gasteiger partial charge in [-0.25, -0.2) is 13.1 Å². The van der Waals surface area contributed by atoms with E-state index in [-0.39, 0.29) is 11.8 Å². The van der Waals surface area contributed by atoms with Gasteiger partial charge in [0.05, 0.1) is 5.75 Å². The topological polar surface area (TPSA) is 72.2 Å². The second-order valence-electron chi connectivity index (χ2n) is 4.45. The highest BCUT2D eigenvalue weighted by Gasteiger charge is 2.32. The van der Waals surface area contributed by atoms with Crippen LogP contribution in [0.1, 0.15) is 17.7 Å². The van der Waals surface area contributed by atoms with Gasteiger partial charge in [0.1, 0.15) is 0 Å². The van der Waals surface area contributed by atoms with Crippen molar-refractivity contribution in [3.8, 4) is 0 Å². The summed E-state index contributed by atoms with van der Waals surface area (Å²) < 4.78 is 26.4. The highest BCUT2D eigenvalue weighted by atomic mass is 32.2. The molecule has 1 aliphatic carbocycles. The van der Waals surface area contributed by atoms with Gasteiger partial charge >= 0.3 is 0 Å². The second kappa shape index (κ2) is 5.48. The number of sulfonamides is 1. The summed E-state index contributed by atoms with van der Waals surface area (Å²) in [5, 5.41) is 1.96. The minimum absolute atomic E-state index is 0.0664. The zero-order valence-corrected chi connectivity index (χ0v) is 11.3. The third kappa shape index (κ3) is 4.06. The Balaban J connectivity index is 1.85. The Labute approximate surface area is 106 Å². The van der Waals surface area contributed by atoms with Crippen LogP contribution in [0.5, 0.6) is 0 Å². The van der Waals surface area contributed by atoms with Crippen LogP contribution in [0.3, 0.4) is 0 Å². The van der Waals surface area contributed by atoms with Crippen molar-refractivity contribution in [3.05, 3.63) is 22.4 Å². The molecule has 0 spiro atoms. The Morgan fingerprint density at radius 3 is 2.82 bits per heavy atom. The summed E-state index contributed by atoms with van der Waals surface area (Å²) in [4.78, 5) is 1.10. The van der Waals surface area contributed by atoms with Gasteiger partial charge in [0.25, 0.3) is 0 Å². The van der Waals surface area contributed by atoms with Crippen molar-refractivity contribution in [1.82, 2.24) is 4.72 Å². The Kier molecular flexibility index (Phi) is 4.19. The zero-order valence-electron chi connectivity index (χ0n) is 9.63. The molecule has 1 saturated carbocycles. The van der Waals surface area contributed by atoms with Crippen molar-refractivity contribution < 1.29 is 8.42 Å². The van der Waals surface area contributed by atoms with Crippen LogP contribution >= 0.6 is 11.3 Å². The largest absolute Gasteiger partial charge is 0.329 e. The van der Waals surface area contributed by atoms with Gasteiger partial charge in [-0.15, -0.1) is 11.3 Å². The van der Waals surface area contributed by atoms with E-state index in [1.165, 1.54) is 0 Å². The second-order valence-corrected chi connectivity index (χ2v) is 7.35. The third-order valence-electron chi connectivity index (χ3n) is 2.97. The summed E-state index contributed by atoms with van der Waals surface area (Å²) >= 11 is 1.59. The molecule has 0 aromatic carbocycles. The molecular weight excluding hydrogens is 256 g/mol. The number of rotatable bonds is 7. The molecule has 1 heterocycles. The van der Waals surface area contributed by atoms with Crippen molar-refractivity contribution in [2.75, 3.05) is 12.3 Å². The molecule has 17 heavy (non-hydrogen) atoms. The lowest BCUT2D eigenvalue weighted by molar-refractivity contribution is 0.519. The third-order valence-corrected chi connectivity index (χ3v) is 5.31. The molecule has 0 radical (unpaired) electrons. The quantitative estimate of drug-likeness (QED) is 0.777. The molecule has 1 aromatic heterocycles. The van der Waals surface area contributed by atoms with E-state index in [2.05, 4.69) is 4.72 Å². The molecule has 0 bridgehead atoms. The molecule has 1 atom stereocenters. The molecule has 1 aliphatic rings. The van der Waals surface area contributed by atoms with Crippen LogP contribution in [0.15, 0.2) is 17.5 Å². The van der Waals surface area contributed by atoms with Crippen LogP contribution in [-0.4, -0.2) is 26.8 Å². The fraction of sp³-hybridized carbons (Fsp3) is 0.636. The number of nitrogens with one attached hydrogen (secondary N) is 1. The maximum Gasteiger partial charge on any atom is 0.212 e. The predicted molar refractivity (Wildman–Crippen MR) is 70.5 cm³/mol. The van der Waals surface area contributed by atoms with E-state index in [0.717, 1.165) is 17.7 Å². The SMILES string of the molecule is NC[C@H](NS(=O)(=O)CCc1cccs1)C1CC1. The van der Waals surface area contributed by atoms with Gasteiger partial charge in [0.15, 0.2) is 0 Å². The average molecular weight is 274 g/mol. The number of nitrogens with two attached hydrogens (primary N) is 1. The van der Waals surface area contributed by atoms with E-state index in [9.17, 15) is 8.42 Å². The lowest BCUT2D eigenvalue weighted by atomic mass is 10.2. The van der Waals surface area contributed by atoms with Gasteiger partial charge < -0.3 is 5.73 Å². The molecule has 0 amide bonds. The van der Waals surface area contributed by atoms with Crippen molar-refractivity contribution in [2.45, 2.75) is 25.3 Å². The number of thiophene rings is 1. The summed E-state index contributed by atoms with van der Waals surface area (Å²) in [6.07, 6.45) is 2.76. The van der Waals surface area contributed by atoms with Crippen molar-refractivity contribution in [2.24, 2.45) is 11.7 Å². The molecule has 3 N–H and O–H groups in total. The van der Waals surface area contributed by atoms with Gasteiger partial charge in [-0.1, -0.05) is 6.07 Å². The van der Waals surface area contributed by atoms with E-state index in [0.29, 0.717) is 18.9 Å². The zero-order chi connectivity index (χ0) is 12.3. The number of hydrogen-bond donors (Lipinski definition) is 2. The maximum atomic E-state index is 11.9. The smallest absolute Gasteiger partial charge is 0.212 e. The Hall–Kier alpha value is -0.430. The molecule has 0 saturated heterocycles. The first-order valence-electron chi connectivity index (χ1n) is 5.83. The first-order valence-corrected chi connectivity index (χ1v) is 8.36. The highest BCUT2D eigenvalue weighted by Crippen LogP contribution is 2.32. The molecule has 0 unspecified atom stereocenters. The molecule has 2 rings (SSSR count). The molecule has 6 heteroatoms. The van der Waals surface area contributed by atoms with Crippen LogP contribution in [0.4, 0.5) is 0 Å². The van der Waals surface area contributed by atoms with Gasteiger partial charge in [-0.3, -0.25) is 0 Å². The van der Waals surface area contributed by atoms with Crippen LogP contribution in [0, 0.1) is 5.92 Å². The average Bonchev–Trinajstić information content (AvgIpc) is 3.00. The molecule has 4 nitrogen and oxygen atoms in total. The fourth-order valence-corrected chi connectivity index (χ4v) is 4.01. The van der Waals surface area contributed by atoms with E-state index >= 15 is 0 Å². The Morgan fingerprint density at radius 2 is 2.29 bits per heavy atom. The molecule has 0 aliphatic heterocycles. The van der Waals surface area contributed by atoms with Gasteiger partial charge in [0, 0.05) is 17.5 Å². The molecule has 1 fully saturated rings. The Bertz CT molecular complexity index is 438. The summed E-state index contributed by atoms with van der Waals surface area (Å²) in [6, 6.07) is 3.83.